The van der Waals surface area contributed by atoms with Gasteiger partial charge in [0.05, 0.1) is 5.02 Å². The van der Waals surface area contributed by atoms with Crippen LogP contribution in [0.4, 0.5) is 5.69 Å². The van der Waals surface area contributed by atoms with E-state index in [1.54, 1.807) is 42.5 Å². The number of carbonyl (C=O) groups is 1. The van der Waals surface area contributed by atoms with E-state index in [9.17, 15) is 4.79 Å². The molecule has 1 N–H and O–H groups in total. The van der Waals surface area contributed by atoms with Gasteiger partial charge in [-0.15, -0.1) is 6.42 Å². The van der Waals surface area contributed by atoms with Crippen LogP contribution in [0.2, 0.25) is 5.02 Å². The van der Waals surface area contributed by atoms with Gasteiger partial charge in [0.25, 0.3) is 0 Å². The number of hydrogen-bond acceptors (Lipinski definition) is 3. The Labute approximate surface area is 138 Å². The molecule has 0 saturated heterocycles. The van der Waals surface area contributed by atoms with Crippen LogP contribution in [0.3, 0.4) is 0 Å². The third-order valence-corrected chi connectivity index (χ3v) is 3.45. The summed E-state index contributed by atoms with van der Waals surface area (Å²) in [6, 6.07) is 10.5. The van der Waals surface area contributed by atoms with Crippen molar-refractivity contribution in [1.82, 2.24) is 0 Å². The zero-order valence-electron chi connectivity index (χ0n) is 12.0. The molecule has 0 radical (unpaired) electrons. The van der Waals surface area contributed by atoms with E-state index < -0.39 is 0 Å². The van der Waals surface area contributed by atoms with Crippen LogP contribution >= 0.6 is 11.6 Å². The maximum Gasteiger partial charge on any atom is 0.248 e. The van der Waals surface area contributed by atoms with Crippen molar-refractivity contribution in [2.24, 2.45) is 0 Å². The van der Waals surface area contributed by atoms with Crippen molar-refractivity contribution in [2.75, 3.05) is 12.1 Å². The maximum absolute atomic E-state index is 12.0. The second-order valence-corrected chi connectivity index (χ2v) is 5.19. The summed E-state index contributed by atoms with van der Waals surface area (Å²) in [6.07, 6.45) is 8.39. The molecule has 5 heteroatoms. The molecule has 23 heavy (non-hydrogen) atoms. The summed E-state index contributed by atoms with van der Waals surface area (Å²) in [6.45, 7) is 0.147. The highest BCUT2D eigenvalue weighted by atomic mass is 35.5. The molecule has 0 unspecified atom stereocenters. The molecule has 1 aliphatic rings. The number of hydrogen-bond donors (Lipinski definition) is 1. The Kier molecular flexibility index (Phi) is 4.22. The van der Waals surface area contributed by atoms with E-state index >= 15 is 0 Å². The fraction of sp³-hybridized carbons (Fsp3) is 0.0556. The minimum Gasteiger partial charge on any atom is -0.454 e. The molecule has 0 fully saturated rings. The van der Waals surface area contributed by atoms with Gasteiger partial charge < -0.3 is 14.8 Å². The maximum atomic E-state index is 12.0. The van der Waals surface area contributed by atoms with E-state index in [0.717, 1.165) is 5.56 Å². The Morgan fingerprint density at radius 1 is 1.30 bits per heavy atom. The largest absolute Gasteiger partial charge is 0.454 e. The number of terminal acetylenes is 1. The molecule has 1 amide bonds. The van der Waals surface area contributed by atoms with Gasteiger partial charge in [-0.25, -0.2) is 0 Å². The zero-order chi connectivity index (χ0) is 16.2. The fourth-order valence-electron chi connectivity index (χ4n) is 2.13. The van der Waals surface area contributed by atoms with Gasteiger partial charge in [-0.2, -0.15) is 0 Å². The molecular formula is C18H12ClNO3. The Balaban J connectivity index is 1.71. The van der Waals surface area contributed by atoms with Gasteiger partial charge in [0.2, 0.25) is 12.7 Å². The van der Waals surface area contributed by atoms with Gasteiger partial charge in [-0.05, 0) is 42.0 Å². The monoisotopic (exact) mass is 325 g/mol. The minimum absolute atomic E-state index is 0.147. The van der Waals surface area contributed by atoms with Crippen molar-refractivity contribution >= 4 is 29.3 Å². The van der Waals surface area contributed by atoms with Crippen molar-refractivity contribution in [1.29, 1.82) is 0 Å². The van der Waals surface area contributed by atoms with E-state index in [0.29, 0.717) is 27.8 Å². The molecule has 1 aliphatic heterocycles. The average Bonchev–Trinajstić information content (AvgIpc) is 3.02. The number of carbonyl (C=O) groups excluding carboxylic acids is 1. The normalized spacial score (nSPS) is 12.2. The number of nitrogens with one attached hydrogen (secondary N) is 1. The van der Waals surface area contributed by atoms with E-state index in [4.69, 9.17) is 27.5 Å². The lowest BCUT2D eigenvalue weighted by Gasteiger charge is -2.03. The van der Waals surface area contributed by atoms with E-state index in [1.165, 1.54) is 6.08 Å². The predicted octanol–water partition coefficient (Wildman–Crippen LogP) is 3.70. The zero-order valence-corrected chi connectivity index (χ0v) is 12.8. The van der Waals surface area contributed by atoms with Gasteiger partial charge in [0.15, 0.2) is 11.5 Å². The van der Waals surface area contributed by atoms with Gasteiger partial charge in [-0.3, -0.25) is 4.79 Å². The summed E-state index contributed by atoms with van der Waals surface area (Å²) in [5.41, 5.74) is 2.08. The number of ether oxygens (including phenoxy) is 2. The van der Waals surface area contributed by atoms with Crippen molar-refractivity contribution in [2.45, 2.75) is 0 Å². The third kappa shape index (κ3) is 3.47. The summed E-state index contributed by atoms with van der Waals surface area (Å²) in [5.74, 6) is 3.34. The molecule has 1 heterocycles. The Morgan fingerprint density at radius 3 is 3.00 bits per heavy atom. The van der Waals surface area contributed by atoms with E-state index in [2.05, 4.69) is 11.2 Å². The van der Waals surface area contributed by atoms with Crippen molar-refractivity contribution in [3.05, 3.63) is 58.6 Å². The van der Waals surface area contributed by atoms with Gasteiger partial charge >= 0.3 is 0 Å². The van der Waals surface area contributed by atoms with Gasteiger partial charge in [0.1, 0.15) is 0 Å². The van der Waals surface area contributed by atoms with Crippen LogP contribution in [0.15, 0.2) is 42.5 Å². The number of anilines is 1. The lowest BCUT2D eigenvalue weighted by molar-refractivity contribution is -0.111. The van der Waals surface area contributed by atoms with Gasteiger partial charge in [0, 0.05) is 17.3 Å². The molecule has 0 spiro atoms. The van der Waals surface area contributed by atoms with Crippen LogP contribution in [0.5, 0.6) is 11.5 Å². The highest BCUT2D eigenvalue weighted by Gasteiger charge is 2.17. The fourth-order valence-corrected chi connectivity index (χ4v) is 2.40. The molecule has 0 aliphatic carbocycles. The first-order chi connectivity index (χ1) is 11.2. The Bertz CT molecular complexity index is 837. The van der Waals surface area contributed by atoms with Crippen LogP contribution in [0.25, 0.3) is 6.08 Å². The number of amides is 1. The molecular weight excluding hydrogens is 314 g/mol. The smallest absolute Gasteiger partial charge is 0.248 e. The molecule has 0 bridgehead atoms. The van der Waals surface area contributed by atoms with Crippen LogP contribution < -0.4 is 14.8 Å². The molecule has 114 valence electrons. The van der Waals surface area contributed by atoms with E-state index in [-0.39, 0.29) is 12.7 Å². The van der Waals surface area contributed by atoms with Crippen LogP contribution in [-0.2, 0) is 4.79 Å². The first kappa shape index (κ1) is 15.0. The number of rotatable bonds is 3. The molecule has 0 aromatic heterocycles. The number of fused-ring (bicyclic) bond motifs is 1. The summed E-state index contributed by atoms with van der Waals surface area (Å²) >= 11 is 6.10. The second-order valence-electron chi connectivity index (χ2n) is 4.78. The standard InChI is InChI=1S/C18H12ClNO3/c1-2-12-4-3-5-14(8-12)20-17(21)7-6-13-9-15(19)18-16(10-13)22-11-23-18/h1,3-10H,11H2,(H,20,21)/b7-6+. The average molecular weight is 326 g/mol. The molecule has 2 aromatic rings. The van der Waals surface area contributed by atoms with Crippen LogP contribution in [0, 0.1) is 12.3 Å². The molecule has 2 aromatic carbocycles. The van der Waals surface area contributed by atoms with Crippen molar-refractivity contribution < 1.29 is 14.3 Å². The van der Waals surface area contributed by atoms with E-state index in [1.807, 2.05) is 0 Å². The summed E-state index contributed by atoms with van der Waals surface area (Å²) in [5, 5.41) is 3.19. The second kappa shape index (κ2) is 6.47. The molecule has 3 rings (SSSR count). The summed E-state index contributed by atoms with van der Waals surface area (Å²) in [4.78, 5) is 12.0. The molecule has 4 nitrogen and oxygen atoms in total. The van der Waals surface area contributed by atoms with Crippen molar-refractivity contribution in [3.63, 3.8) is 0 Å². The highest BCUT2D eigenvalue weighted by molar-refractivity contribution is 6.32. The SMILES string of the molecule is C#Cc1cccc(NC(=O)/C=C/c2cc(Cl)c3c(c2)OCO3)c1. The first-order valence-electron chi connectivity index (χ1n) is 6.80. The highest BCUT2D eigenvalue weighted by Crippen LogP contribution is 2.40. The Hall–Kier alpha value is -2.90. The number of benzene rings is 2. The molecule has 0 saturated carbocycles. The Morgan fingerprint density at radius 2 is 2.17 bits per heavy atom. The topological polar surface area (TPSA) is 47.6 Å². The quantitative estimate of drug-likeness (QED) is 0.691. The number of halogens is 1. The van der Waals surface area contributed by atoms with Crippen LogP contribution in [-0.4, -0.2) is 12.7 Å². The predicted molar refractivity (Wildman–Crippen MR) is 89.6 cm³/mol. The molecule has 0 atom stereocenters. The lowest BCUT2D eigenvalue weighted by Crippen LogP contribution is -2.07. The third-order valence-electron chi connectivity index (χ3n) is 3.17. The lowest BCUT2D eigenvalue weighted by atomic mass is 10.2. The van der Waals surface area contributed by atoms with Gasteiger partial charge in [-0.1, -0.05) is 23.6 Å². The first-order valence-corrected chi connectivity index (χ1v) is 7.18. The van der Waals surface area contributed by atoms with Crippen molar-refractivity contribution in [3.8, 4) is 23.8 Å². The minimum atomic E-state index is -0.270. The summed E-state index contributed by atoms with van der Waals surface area (Å²) in [7, 11) is 0. The van der Waals surface area contributed by atoms with Crippen LogP contribution in [0.1, 0.15) is 11.1 Å². The summed E-state index contributed by atoms with van der Waals surface area (Å²) < 4.78 is 10.5.